The third kappa shape index (κ3) is 2.08. The second kappa shape index (κ2) is 4.82. The van der Waals surface area contributed by atoms with Crippen LogP contribution in [0, 0.1) is 10.6 Å². The van der Waals surface area contributed by atoms with Crippen LogP contribution in [0.5, 0.6) is 0 Å². The standard InChI is InChI=1S/C13H15FN2OS/c14-10-4-1-5-11-12(10)15-13(18)16(11)7-6-9-3-2-8-17-9/h1,4-5,9H,2-3,6-8H2,(H,15,18). The van der Waals surface area contributed by atoms with E-state index in [-0.39, 0.29) is 5.82 Å². The Labute approximate surface area is 110 Å². The van der Waals surface area contributed by atoms with Crippen molar-refractivity contribution in [2.75, 3.05) is 6.61 Å². The number of aromatic amines is 1. The average Bonchev–Trinajstić information content (AvgIpc) is 2.95. The summed E-state index contributed by atoms with van der Waals surface area (Å²) < 4.78 is 21.7. The van der Waals surface area contributed by atoms with Crippen molar-refractivity contribution < 1.29 is 9.13 Å². The number of halogens is 1. The van der Waals surface area contributed by atoms with E-state index in [1.807, 2.05) is 10.6 Å². The second-order valence-electron chi connectivity index (χ2n) is 4.64. The third-order valence-electron chi connectivity index (χ3n) is 3.46. The number of ether oxygens (including phenoxy) is 1. The Hall–Kier alpha value is -1.20. The number of hydrogen-bond acceptors (Lipinski definition) is 2. The van der Waals surface area contributed by atoms with Gasteiger partial charge in [0.05, 0.1) is 11.6 Å². The predicted octanol–water partition coefficient (Wildman–Crippen LogP) is 3.41. The first-order chi connectivity index (χ1) is 8.75. The van der Waals surface area contributed by atoms with Gasteiger partial charge in [0, 0.05) is 13.2 Å². The normalized spacial score (nSPS) is 19.7. The van der Waals surface area contributed by atoms with Gasteiger partial charge < -0.3 is 14.3 Å². The van der Waals surface area contributed by atoms with Crippen LogP contribution in [0.2, 0.25) is 0 Å². The topological polar surface area (TPSA) is 29.9 Å². The molecule has 0 saturated carbocycles. The third-order valence-corrected chi connectivity index (χ3v) is 3.78. The highest BCUT2D eigenvalue weighted by atomic mass is 32.1. The van der Waals surface area contributed by atoms with Crippen LogP contribution in [-0.2, 0) is 11.3 Å². The van der Waals surface area contributed by atoms with Crippen molar-refractivity contribution in [3.8, 4) is 0 Å². The van der Waals surface area contributed by atoms with E-state index in [0.29, 0.717) is 16.4 Å². The van der Waals surface area contributed by atoms with E-state index in [2.05, 4.69) is 4.98 Å². The maximum absolute atomic E-state index is 13.6. The summed E-state index contributed by atoms with van der Waals surface area (Å²) in [6, 6.07) is 5.04. The van der Waals surface area contributed by atoms with Gasteiger partial charge in [0.25, 0.3) is 0 Å². The Balaban J connectivity index is 1.89. The van der Waals surface area contributed by atoms with Gasteiger partial charge in [0.2, 0.25) is 0 Å². The van der Waals surface area contributed by atoms with Crippen molar-refractivity contribution in [3.05, 3.63) is 28.8 Å². The van der Waals surface area contributed by atoms with E-state index in [4.69, 9.17) is 17.0 Å². The molecule has 1 aromatic heterocycles. The lowest BCUT2D eigenvalue weighted by Crippen LogP contribution is -2.10. The van der Waals surface area contributed by atoms with Gasteiger partial charge in [-0.1, -0.05) is 6.07 Å². The fourth-order valence-electron chi connectivity index (χ4n) is 2.51. The molecule has 5 heteroatoms. The van der Waals surface area contributed by atoms with Crippen LogP contribution in [-0.4, -0.2) is 22.3 Å². The number of rotatable bonds is 3. The fraction of sp³-hybridized carbons (Fsp3) is 0.462. The largest absolute Gasteiger partial charge is 0.378 e. The van der Waals surface area contributed by atoms with Gasteiger partial charge in [-0.05, 0) is 43.6 Å². The smallest absolute Gasteiger partial charge is 0.178 e. The highest BCUT2D eigenvalue weighted by molar-refractivity contribution is 7.71. The summed E-state index contributed by atoms with van der Waals surface area (Å²) in [6.45, 7) is 1.63. The molecule has 0 spiro atoms. The molecule has 1 fully saturated rings. The monoisotopic (exact) mass is 266 g/mol. The zero-order chi connectivity index (χ0) is 12.5. The van der Waals surface area contributed by atoms with Crippen LogP contribution in [0.15, 0.2) is 18.2 Å². The van der Waals surface area contributed by atoms with E-state index in [1.54, 1.807) is 6.07 Å². The lowest BCUT2D eigenvalue weighted by molar-refractivity contribution is 0.101. The molecule has 1 atom stereocenters. The SMILES string of the molecule is Fc1cccc2c1[nH]c(=S)n2CCC1CCCO1. The van der Waals surface area contributed by atoms with Gasteiger partial charge in [-0.15, -0.1) is 0 Å². The van der Waals surface area contributed by atoms with Gasteiger partial charge in [-0.25, -0.2) is 4.39 Å². The first kappa shape index (κ1) is 11.9. The molecule has 18 heavy (non-hydrogen) atoms. The van der Waals surface area contributed by atoms with Crippen molar-refractivity contribution in [1.29, 1.82) is 0 Å². The minimum atomic E-state index is -0.255. The van der Waals surface area contributed by atoms with E-state index in [1.165, 1.54) is 6.07 Å². The van der Waals surface area contributed by atoms with Gasteiger partial charge in [0.15, 0.2) is 4.77 Å². The summed E-state index contributed by atoms with van der Waals surface area (Å²) in [5.41, 5.74) is 1.33. The molecule has 96 valence electrons. The minimum absolute atomic E-state index is 0.255. The molecule has 1 aromatic carbocycles. The Morgan fingerprint density at radius 1 is 1.50 bits per heavy atom. The predicted molar refractivity (Wildman–Crippen MR) is 70.7 cm³/mol. The van der Waals surface area contributed by atoms with Crippen molar-refractivity contribution >= 4 is 23.3 Å². The molecule has 1 saturated heterocycles. The van der Waals surface area contributed by atoms with Crippen LogP contribution >= 0.6 is 12.2 Å². The molecule has 0 amide bonds. The molecular formula is C13H15FN2OS. The van der Waals surface area contributed by atoms with Crippen LogP contribution in [0.25, 0.3) is 11.0 Å². The summed E-state index contributed by atoms with van der Waals surface area (Å²) >= 11 is 5.25. The summed E-state index contributed by atoms with van der Waals surface area (Å²) in [6.07, 6.45) is 3.51. The number of benzene rings is 1. The number of nitrogens with one attached hydrogen (secondary N) is 1. The molecule has 1 unspecified atom stereocenters. The lowest BCUT2D eigenvalue weighted by atomic mass is 10.2. The van der Waals surface area contributed by atoms with E-state index in [0.717, 1.165) is 37.9 Å². The highest BCUT2D eigenvalue weighted by Gasteiger charge is 2.16. The van der Waals surface area contributed by atoms with E-state index in [9.17, 15) is 4.39 Å². The van der Waals surface area contributed by atoms with Gasteiger partial charge in [0.1, 0.15) is 11.3 Å². The molecule has 1 aliphatic rings. The molecule has 2 heterocycles. The van der Waals surface area contributed by atoms with E-state index < -0.39 is 0 Å². The van der Waals surface area contributed by atoms with Crippen molar-refractivity contribution in [2.45, 2.75) is 31.9 Å². The molecular weight excluding hydrogens is 251 g/mol. The summed E-state index contributed by atoms with van der Waals surface area (Å²) in [5, 5.41) is 0. The molecule has 0 radical (unpaired) electrons. The lowest BCUT2D eigenvalue weighted by Gasteiger charge is -2.10. The molecule has 0 bridgehead atoms. The minimum Gasteiger partial charge on any atom is -0.378 e. The van der Waals surface area contributed by atoms with Gasteiger partial charge in [-0.3, -0.25) is 0 Å². The van der Waals surface area contributed by atoms with E-state index >= 15 is 0 Å². The molecule has 1 N–H and O–H groups in total. The zero-order valence-corrected chi connectivity index (χ0v) is 10.8. The van der Waals surface area contributed by atoms with Crippen LogP contribution in [0.4, 0.5) is 4.39 Å². The quantitative estimate of drug-likeness (QED) is 0.863. The number of para-hydroxylation sites is 1. The number of nitrogens with zero attached hydrogens (tertiary/aromatic N) is 1. The maximum atomic E-state index is 13.6. The second-order valence-corrected chi connectivity index (χ2v) is 5.03. The number of H-pyrrole nitrogens is 1. The molecule has 3 rings (SSSR count). The number of imidazole rings is 1. The number of hydrogen-bond donors (Lipinski definition) is 1. The molecule has 2 aromatic rings. The fourth-order valence-corrected chi connectivity index (χ4v) is 2.80. The van der Waals surface area contributed by atoms with Crippen LogP contribution in [0.1, 0.15) is 19.3 Å². The first-order valence-electron chi connectivity index (χ1n) is 6.24. The zero-order valence-electron chi connectivity index (χ0n) is 9.99. The number of aromatic nitrogens is 2. The number of aryl methyl sites for hydroxylation is 1. The average molecular weight is 266 g/mol. The summed E-state index contributed by atoms with van der Waals surface area (Å²) in [7, 11) is 0. The van der Waals surface area contributed by atoms with Gasteiger partial charge >= 0.3 is 0 Å². The van der Waals surface area contributed by atoms with Crippen molar-refractivity contribution in [3.63, 3.8) is 0 Å². The Bertz CT molecular complexity index is 613. The maximum Gasteiger partial charge on any atom is 0.178 e. The molecule has 3 nitrogen and oxygen atoms in total. The Kier molecular flexibility index (Phi) is 3.18. The van der Waals surface area contributed by atoms with Crippen LogP contribution < -0.4 is 0 Å². The summed E-state index contributed by atoms with van der Waals surface area (Å²) in [4.78, 5) is 2.93. The Morgan fingerprint density at radius 2 is 2.39 bits per heavy atom. The Morgan fingerprint density at radius 3 is 3.17 bits per heavy atom. The van der Waals surface area contributed by atoms with Crippen molar-refractivity contribution in [2.24, 2.45) is 0 Å². The van der Waals surface area contributed by atoms with Crippen molar-refractivity contribution in [1.82, 2.24) is 9.55 Å². The first-order valence-corrected chi connectivity index (χ1v) is 6.65. The summed E-state index contributed by atoms with van der Waals surface area (Å²) in [5.74, 6) is -0.255. The molecule has 0 aliphatic carbocycles. The van der Waals surface area contributed by atoms with Crippen LogP contribution in [0.3, 0.4) is 0 Å². The number of fused-ring (bicyclic) bond motifs is 1. The molecule has 1 aliphatic heterocycles. The highest BCUT2D eigenvalue weighted by Crippen LogP contribution is 2.20. The van der Waals surface area contributed by atoms with Gasteiger partial charge in [-0.2, -0.15) is 0 Å².